The van der Waals surface area contributed by atoms with E-state index in [1.165, 1.54) is 231 Å². The maximum Gasteiger partial charge on any atom is 0.111 e. The lowest BCUT2D eigenvalue weighted by Gasteiger charge is -2.22. The zero-order chi connectivity index (χ0) is 33.2. The lowest BCUT2D eigenvalue weighted by molar-refractivity contribution is 0.412. The zero-order valence-electron chi connectivity index (χ0n) is 32.5. The monoisotopic (exact) mass is 643 g/mol. The molecule has 0 aliphatic heterocycles. The first-order chi connectivity index (χ1) is 22.7. The Morgan fingerprint density at radius 2 is 0.696 bits per heavy atom. The van der Waals surface area contributed by atoms with Crippen LogP contribution in [0.1, 0.15) is 270 Å². The summed E-state index contributed by atoms with van der Waals surface area (Å²) in [5.74, 6) is 2.07. The Morgan fingerprint density at radius 1 is 0.413 bits per heavy atom. The van der Waals surface area contributed by atoms with Crippen molar-refractivity contribution in [2.45, 2.75) is 264 Å². The number of aromatic nitrogens is 2. The fourth-order valence-electron chi connectivity index (χ4n) is 7.59. The van der Waals surface area contributed by atoms with Crippen LogP contribution in [0.3, 0.4) is 0 Å². The number of imidazole rings is 1. The molecule has 1 rings (SSSR count). The molecular weight excluding hydrogens is 556 g/mol. The zero-order valence-corrected chi connectivity index (χ0v) is 32.5. The third kappa shape index (κ3) is 25.3. The summed E-state index contributed by atoms with van der Waals surface area (Å²) in [6.45, 7) is 9.40. The van der Waals surface area contributed by atoms with Crippen LogP contribution in [-0.4, -0.2) is 9.55 Å². The lowest BCUT2D eigenvalue weighted by atomic mass is 9.92. The van der Waals surface area contributed by atoms with Crippen molar-refractivity contribution >= 4 is 0 Å². The van der Waals surface area contributed by atoms with Gasteiger partial charge in [-0.2, -0.15) is 0 Å². The van der Waals surface area contributed by atoms with Crippen LogP contribution in [-0.2, 0) is 0 Å². The van der Waals surface area contributed by atoms with E-state index in [4.69, 9.17) is 4.98 Å². The second-order valence-electron chi connectivity index (χ2n) is 15.4. The van der Waals surface area contributed by atoms with Crippen LogP contribution >= 0.6 is 0 Å². The minimum atomic E-state index is 0.587. The molecular formula is C44H86N2. The second-order valence-corrected chi connectivity index (χ2v) is 15.4. The van der Waals surface area contributed by atoms with E-state index in [2.05, 4.69) is 44.7 Å². The van der Waals surface area contributed by atoms with E-state index in [0.29, 0.717) is 12.0 Å². The summed E-state index contributed by atoms with van der Waals surface area (Å²) in [6.07, 6.45) is 54.2. The Morgan fingerprint density at radius 3 is 1.02 bits per heavy atom. The van der Waals surface area contributed by atoms with Gasteiger partial charge in [0, 0.05) is 24.4 Å². The summed E-state index contributed by atoms with van der Waals surface area (Å²) in [5.41, 5.74) is 0. The van der Waals surface area contributed by atoms with Crippen molar-refractivity contribution < 1.29 is 0 Å². The number of hydrogen-bond donors (Lipinski definition) is 0. The number of nitrogens with zero attached hydrogens (tertiary/aromatic N) is 2. The van der Waals surface area contributed by atoms with Gasteiger partial charge in [0.05, 0.1) is 0 Å². The Hall–Kier alpha value is -0.790. The van der Waals surface area contributed by atoms with Gasteiger partial charge in [-0.05, 0) is 26.2 Å². The molecule has 1 aromatic heterocycles. The van der Waals surface area contributed by atoms with Crippen molar-refractivity contribution in [1.29, 1.82) is 0 Å². The summed E-state index contributed by atoms with van der Waals surface area (Å²) in [5, 5.41) is 0. The first-order valence-corrected chi connectivity index (χ1v) is 21.8. The third-order valence-corrected chi connectivity index (χ3v) is 10.8. The van der Waals surface area contributed by atoms with Crippen molar-refractivity contribution in [1.82, 2.24) is 9.55 Å². The average Bonchev–Trinajstić information content (AvgIpc) is 3.56. The first-order valence-electron chi connectivity index (χ1n) is 21.8. The number of rotatable bonds is 37. The molecule has 272 valence electrons. The summed E-state index contributed by atoms with van der Waals surface area (Å²) in [6, 6.07) is 0.587. The molecule has 0 spiro atoms. The van der Waals surface area contributed by atoms with Gasteiger partial charge in [0.25, 0.3) is 0 Å². The van der Waals surface area contributed by atoms with Gasteiger partial charge in [0.1, 0.15) is 5.82 Å². The molecule has 0 bridgehead atoms. The van der Waals surface area contributed by atoms with Gasteiger partial charge in [0.2, 0.25) is 0 Å². The quantitative estimate of drug-likeness (QED) is 0.0660. The van der Waals surface area contributed by atoms with Crippen molar-refractivity contribution in [2.75, 3.05) is 0 Å². The van der Waals surface area contributed by atoms with E-state index in [1.54, 1.807) is 0 Å². The molecule has 1 heterocycles. The molecule has 0 N–H and O–H groups in total. The van der Waals surface area contributed by atoms with Crippen LogP contribution in [0.15, 0.2) is 12.4 Å². The highest BCUT2D eigenvalue weighted by atomic mass is 15.1. The summed E-state index contributed by atoms with van der Waals surface area (Å²) in [4.78, 5) is 5.03. The van der Waals surface area contributed by atoms with Gasteiger partial charge >= 0.3 is 0 Å². The van der Waals surface area contributed by atoms with Crippen LogP contribution in [0.25, 0.3) is 0 Å². The minimum Gasteiger partial charge on any atom is -0.332 e. The molecule has 0 radical (unpaired) electrons. The molecule has 0 amide bonds. The molecule has 0 aliphatic carbocycles. The smallest absolute Gasteiger partial charge is 0.111 e. The summed E-state index contributed by atoms with van der Waals surface area (Å²) >= 11 is 0. The Balaban J connectivity index is 2.35. The lowest BCUT2D eigenvalue weighted by Crippen LogP contribution is -2.13. The normalized spacial score (nSPS) is 13.0. The maximum absolute atomic E-state index is 5.03. The van der Waals surface area contributed by atoms with Crippen LogP contribution in [0.5, 0.6) is 0 Å². The molecule has 0 aliphatic rings. The Bertz CT molecular complexity index is 709. The molecule has 0 saturated carbocycles. The highest BCUT2D eigenvalue weighted by Crippen LogP contribution is 2.31. The van der Waals surface area contributed by atoms with Gasteiger partial charge in [0.15, 0.2) is 0 Å². The third-order valence-electron chi connectivity index (χ3n) is 10.8. The predicted octanol–water partition coefficient (Wildman–Crippen LogP) is 16.2. The van der Waals surface area contributed by atoms with E-state index in [1.807, 2.05) is 0 Å². The molecule has 2 unspecified atom stereocenters. The fourth-order valence-corrected chi connectivity index (χ4v) is 7.59. The van der Waals surface area contributed by atoms with Crippen molar-refractivity contribution in [3.63, 3.8) is 0 Å². The predicted molar refractivity (Wildman–Crippen MR) is 208 cm³/mol. The molecule has 1 aromatic rings. The molecule has 2 heteroatoms. The van der Waals surface area contributed by atoms with Crippen LogP contribution in [0, 0.1) is 0 Å². The van der Waals surface area contributed by atoms with Crippen LogP contribution < -0.4 is 0 Å². The van der Waals surface area contributed by atoms with Gasteiger partial charge in [-0.15, -0.1) is 0 Å². The number of unbranched alkanes of at least 4 members (excludes halogenated alkanes) is 29. The minimum absolute atomic E-state index is 0.587. The molecule has 0 saturated heterocycles. The SMILES string of the molecule is CCCCCCCCCCCCCCCC(CCCCCCCCC)c1nccn1C(C)CCCCCCCCCCCCCC. The van der Waals surface area contributed by atoms with E-state index in [-0.39, 0.29) is 0 Å². The first kappa shape index (κ1) is 43.2. The topological polar surface area (TPSA) is 17.8 Å². The summed E-state index contributed by atoms with van der Waals surface area (Å²) < 4.78 is 2.59. The van der Waals surface area contributed by atoms with Gasteiger partial charge in [-0.1, -0.05) is 226 Å². The van der Waals surface area contributed by atoms with Crippen molar-refractivity contribution in [3.8, 4) is 0 Å². The molecule has 0 aromatic carbocycles. The largest absolute Gasteiger partial charge is 0.332 e. The maximum atomic E-state index is 5.03. The standard InChI is InChI=1S/C44H86N2/c1-5-8-11-14-17-19-21-23-25-27-30-33-36-39-43(38-35-32-28-16-13-10-7-3)44-45-40-41-46(44)42(4)37-34-31-29-26-24-22-20-18-15-12-9-6-2/h40-43H,5-39H2,1-4H3. The molecule has 46 heavy (non-hydrogen) atoms. The molecule has 2 nitrogen and oxygen atoms in total. The van der Waals surface area contributed by atoms with E-state index >= 15 is 0 Å². The Kier molecular flexibility index (Phi) is 32.0. The van der Waals surface area contributed by atoms with Crippen molar-refractivity contribution in [3.05, 3.63) is 18.2 Å². The van der Waals surface area contributed by atoms with Crippen molar-refractivity contribution in [2.24, 2.45) is 0 Å². The van der Waals surface area contributed by atoms with E-state index in [0.717, 1.165) is 0 Å². The Labute approximate surface area is 291 Å². The van der Waals surface area contributed by atoms with E-state index < -0.39 is 0 Å². The van der Waals surface area contributed by atoms with Gasteiger partial charge in [-0.3, -0.25) is 0 Å². The highest BCUT2D eigenvalue weighted by Gasteiger charge is 2.19. The average molecular weight is 643 g/mol. The molecule has 2 atom stereocenters. The van der Waals surface area contributed by atoms with E-state index in [9.17, 15) is 0 Å². The fraction of sp³-hybridized carbons (Fsp3) is 0.932. The van der Waals surface area contributed by atoms with Crippen LogP contribution in [0.2, 0.25) is 0 Å². The van der Waals surface area contributed by atoms with Crippen LogP contribution in [0.4, 0.5) is 0 Å². The molecule has 0 fully saturated rings. The van der Waals surface area contributed by atoms with Gasteiger partial charge < -0.3 is 4.57 Å². The number of hydrogen-bond acceptors (Lipinski definition) is 1. The van der Waals surface area contributed by atoms with Gasteiger partial charge in [-0.25, -0.2) is 4.98 Å². The highest BCUT2D eigenvalue weighted by molar-refractivity contribution is 5.02. The second kappa shape index (κ2) is 34.1. The summed E-state index contributed by atoms with van der Waals surface area (Å²) in [7, 11) is 0.